The van der Waals surface area contributed by atoms with E-state index in [9.17, 15) is 15.0 Å². The average molecular weight is 459 g/mol. The Morgan fingerprint density at radius 1 is 0.794 bits per heavy atom. The normalized spacial score (nSPS) is 10.7. The number of hydrogen-bond donors (Lipinski definition) is 2. The molecule has 2 N–H and O–H groups in total. The van der Waals surface area contributed by atoms with Crippen molar-refractivity contribution < 1.29 is 29.2 Å². The van der Waals surface area contributed by atoms with Crippen LogP contribution in [0, 0.1) is 0 Å². The van der Waals surface area contributed by atoms with Gasteiger partial charge in [-0.05, 0) is 85.3 Å². The Morgan fingerprint density at radius 2 is 1.32 bits per heavy atom. The van der Waals surface area contributed by atoms with Crippen LogP contribution in [0.2, 0.25) is 0 Å². The van der Waals surface area contributed by atoms with Crippen LogP contribution >= 0.6 is 0 Å². The van der Waals surface area contributed by atoms with Gasteiger partial charge in [-0.25, -0.2) is 0 Å². The van der Waals surface area contributed by atoms with E-state index in [-0.39, 0.29) is 5.56 Å². The second kappa shape index (κ2) is 9.62. The molecule has 0 spiro atoms. The van der Waals surface area contributed by atoms with Crippen LogP contribution in [-0.2, 0) is 0 Å². The van der Waals surface area contributed by atoms with Crippen LogP contribution in [0.3, 0.4) is 0 Å². The average Bonchev–Trinajstić information content (AvgIpc) is 3.14. The Balaban J connectivity index is 1.92. The van der Waals surface area contributed by atoms with Crippen molar-refractivity contribution in [1.82, 2.24) is 4.57 Å². The molecule has 0 atom stereocenters. The topological polar surface area (TPSA) is 90.2 Å². The molecule has 0 amide bonds. The molecule has 1 heterocycles. The zero-order chi connectivity index (χ0) is 24.2. The van der Waals surface area contributed by atoms with Gasteiger partial charge in [0.2, 0.25) is 5.88 Å². The Labute approximate surface area is 197 Å². The van der Waals surface area contributed by atoms with Gasteiger partial charge in [-0.1, -0.05) is 0 Å². The first-order valence-corrected chi connectivity index (χ1v) is 10.7. The molecule has 1 aromatic heterocycles. The van der Waals surface area contributed by atoms with Crippen LogP contribution in [0.25, 0.3) is 16.9 Å². The minimum absolute atomic E-state index is 0.0114. The van der Waals surface area contributed by atoms with Gasteiger partial charge in [-0.3, -0.25) is 9.36 Å². The van der Waals surface area contributed by atoms with Crippen LogP contribution < -0.4 is 14.2 Å². The third kappa shape index (κ3) is 4.15. The zero-order valence-electron chi connectivity index (χ0n) is 19.1. The lowest BCUT2D eigenvalue weighted by Crippen LogP contribution is -2.05. The monoisotopic (exact) mass is 459 g/mol. The van der Waals surface area contributed by atoms with Gasteiger partial charge in [-0.15, -0.1) is 0 Å². The standard InChI is InChI=1S/C27H25NO6/c1-4-34-22-13-7-18(8-14-22)25(29)23-24(17-5-11-20(32-2)12-6-17)28(27(31)26(23)30)19-9-15-21(33-3)16-10-19/h5-16,30-31H,4H2,1-3H3. The minimum Gasteiger partial charge on any atom is -0.503 e. The Morgan fingerprint density at radius 3 is 1.85 bits per heavy atom. The summed E-state index contributed by atoms with van der Waals surface area (Å²) in [6.45, 7) is 2.39. The molecule has 174 valence electrons. The van der Waals surface area contributed by atoms with E-state index < -0.39 is 17.4 Å². The molecule has 0 radical (unpaired) electrons. The van der Waals surface area contributed by atoms with Gasteiger partial charge < -0.3 is 24.4 Å². The second-order valence-electron chi connectivity index (χ2n) is 7.44. The van der Waals surface area contributed by atoms with Gasteiger partial charge >= 0.3 is 0 Å². The first-order chi connectivity index (χ1) is 16.5. The fraction of sp³-hybridized carbons (Fsp3) is 0.148. The summed E-state index contributed by atoms with van der Waals surface area (Å²) < 4.78 is 17.4. The molecule has 0 saturated carbocycles. The van der Waals surface area contributed by atoms with E-state index in [2.05, 4.69) is 0 Å². The number of nitrogens with zero attached hydrogens (tertiary/aromatic N) is 1. The number of carbonyl (C=O) groups is 1. The van der Waals surface area contributed by atoms with Gasteiger partial charge in [-0.2, -0.15) is 0 Å². The lowest BCUT2D eigenvalue weighted by Gasteiger charge is -2.13. The second-order valence-corrected chi connectivity index (χ2v) is 7.44. The third-order valence-electron chi connectivity index (χ3n) is 5.47. The van der Waals surface area contributed by atoms with Crippen LogP contribution in [-0.4, -0.2) is 41.4 Å². The fourth-order valence-corrected chi connectivity index (χ4v) is 3.78. The van der Waals surface area contributed by atoms with Crippen molar-refractivity contribution in [2.75, 3.05) is 20.8 Å². The summed E-state index contributed by atoms with van der Waals surface area (Å²) in [7, 11) is 3.12. The van der Waals surface area contributed by atoms with Gasteiger partial charge in [0.05, 0.1) is 32.1 Å². The van der Waals surface area contributed by atoms with Crippen molar-refractivity contribution in [3.8, 4) is 45.8 Å². The summed E-state index contributed by atoms with van der Waals surface area (Å²) in [4.78, 5) is 13.6. The molecule has 34 heavy (non-hydrogen) atoms. The summed E-state index contributed by atoms with van der Waals surface area (Å²) in [6, 6.07) is 20.6. The number of hydrogen-bond acceptors (Lipinski definition) is 6. The maximum absolute atomic E-state index is 13.6. The van der Waals surface area contributed by atoms with Crippen LogP contribution in [0.5, 0.6) is 28.9 Å². The van der Waals surface area contributed by atoms with E-state index in [1.807, 2.05) is 6.92 Å². The number of carbonyl (C=O) groups excluding carboxylic acids is 1. The fourth-order valence-electron chi connectivity index (χ4n) is 3.78. The lowest BCUT2D eigenvalue weighted by atomic mass is 9.99. The summed E-state index contributed by atoms with van der Waals surface area (Å²) in [5.74, 6) is 0.535. The molecule has 7 nitrogen and oxygen atoms in total. The first kappa shape index (κ1) is 22.8. The molecular weight excluding hydrogens is 434 g/mol. The van der Waals surface area contributed by atoms with E-state index in [0.717, 1.165) is 0 Å². The molecule has 0 aliphatic heterocycles. The number of aromatic hydroxyl groups is 2. The van der Waals surface area contributed by atoms with Crippen molar-refractivity contribution in [1.29, 1.82) is 0 Å². The van der Waals surface area contributed by atoms with Gasteiger partial charge in [0.25, 0.3) is 0 Å². The maximum atomic E-state index is 13.6. The Hall–Kier alpha value is -4.39. The smallest absolute Gasteiger partial charge is 0.240 e. The molecule has 0 unspecified atom stereocenters. The molecule has 0 bridgehead atoms. The van der Waals surface area contributed by atoms with Gasteiger partial charge in [0, 0.05) is 11.3 Å². The highest BCUT2D eigenvalue weighted by molar-refractivity contribution is 6.15. The third-order valence-corrected chi connectivity index (χ3v) is 5.47. The number of methoxy groups -OCH3 is 2. The maximum Gasteiger partial charge on any atom is 0.240 e. The van der Waals surface area contributed by atoms with Crippen molar-refractivity contribution in [2.24, 2.45) is 0 Å². The highest BCUT2D eigenvalue weighted by Gasteiger charge is 2.30. The minimum atomic E-state index is -0.500. The van der Waals surface area contributed by atoms with Crippen molar-refractivity contribution in [2.45, 2.75) is 6.92 Å². The van der Waals surface area contributed by atoms with Crippen molar-refractivity contribution in [3.63, 3.8) is 0 Å². The molecule has 4 rings (SSSR count). The number of aromatic nitrogens is 1. The molecule has 0 aliphatic carbocycles. The molecular formula is C27H25NO6. The lowest BCUT2D eigenvalue weighted by molar-refractivity contribution is 0.103. The van der Waals surface area contributed by atoms with E-state index in [4.69, 9.17) is 14.2 Å². The van der Waals surface area contributed by atoms with Crippen LogP contribution in [0.4, 0.5) is 0 Å². The Bertz CT molecular complexity index is 1290. The molecule has 7 heteroatoms. The highest BCUT2D eigenvalue weighted by atomic mass is 16.5. The first-order valence-electron chi connectivity index (χ1n) is 10.7. The summed E-state index contributed by atoms with van der Waals surface area (Å²) >= 11 is 0. The predicted molar refractivity (Wildman–Crippen MR) is 129 cm³/mol. The van der Waals surface area contributed by atoms with E-state index >= 15 is 0 Å². The van der Waals surface area contributed by atoms with Crippen molar-refractivity contribution in [3.05, 3.63) is 83.9 Å². The largest absolute Gasteiger partial charge is 0.503 e. The van der Waals surface area contributed by atoms with Crippen molar-refractivity contribution >= 4 is 5.78 Å². The quantitative estimate of drug-likeness (QED) is 0.352. The van der Waals surface area contributed by atoms with E-state index in [1.54, 1.807) is 87.0 Å². The number of benzene rings is 3. The molecule has 3 aromatic carbocycles. The molecule has 0 saturated heterocycles. The van der Waals surface area contributed by atoms with Gasteiger partial charge in [0.1, 0.15) is 17.2 Å². The highest BCUT2D eigenvalue weighted by Crippen LogP contribution is 2.44. The number of ether oxygens (including phenoxy) is 3. The van der Waals surface area contributed by atoms with Gasteiger partial charge in [0.15, 0.2) is 11.5 Å². The summed E-state index contributed by atoms with van der Waals surface area (Å²) in [5.41, 5.74) is 1.84. The molecule has 4 aromatic rings. The predicted octanol–water partition coefficient (Wildman–Crippen LogP) is 5.20. The summed E-state index contributed by atoms with van der Waals surface area (Å²) in [6.07, 6.45) is 0. The molecule has 0 aliphatic rings. The summed E-state index contributed by atoms with van der Waals surface area (Å²) in [5, 5.41) is 21.9. The zero-order valence-corrected chi connectivity index (χ0v) is 19.1. The number of rotatable bonds is 8. The molecule has 0 fully saturated rings. The van der Waals surface area contributed by atoms with Crippen LogP contribution in [0.1, 0.15) is 22.8 Å². The van der Waals surface area contributed by atoms with Crippen LogP contribution in [0.15, 0.2) is 72.8 Å². The van der Waals surface area contributed by atoms with E-state index in [1.165, 1.54) is 4.57 Å². The Kier molecular flexibility index (Phi) is 6.45. The SMILES string of the molecule is CCOc1ccc(C(=O)c2c(O)c(O)n(-c3ccc(OC)cc3)c2-c2ccc(OC)cc2)cc1. The number of ketones is 1. The van der Waals surface area contributed by atoms with E-state index in [0.29, 0.717) is 46.4 Å².